The molecular formula is C12H11BrN2OS. The molecule has 0 bridgehead atoms. The molecule has 0 atom stereocenters. The maximum absolute atomic E-state index is 11.9. The van der Waals surface area contributed by atoms with Crippen LogP contribution in [0, 0.1) is 11.3 Å². The van der Waals surface area contributed by atoms with E-state index in [0.29, 0.717) is 0 Å². The zero-order valence-corrected chi connectivity index (χ0v) is 11.5. The Morgan fingerprint density at radius 2 is 2.41 bits per heavy atom. The van der Waals surface area contributed by atoms with Crippen LogP contribution in [0.15, 0.2) is 22.0 Å². The summed E-state index contributed by atoms with van der Waals surface area (Å²) in [4.78, 5) is 14.5. The van der Waals surface area contributed by atoms with Crippen LogP contribution in [-0.2, 0) is 4.79 Å². The van der Waals surface area contributed by atoms with Gasteiger partial charge in [0.1, 0.15) is 6.54 Å². The normalized spacial score (nSPS) is 14.8. The van der Waals surface area contributed by atoms with Gasteiger partial charge in [-0.25, -0.2) is 0 Å². The molecule has 3 nitrogen and oxygen atoms in total. The van der Waals surface area contributed by atoms with Gasteiger partial charge < -0.3 is 4.90 Å². The highest BCUT2D eigenvalue weighted by Gasteiger charge is 2.31. The summed E-state index contributed by atoms with van der Waals surface area (Å²) in [5, 5.41) is 8.68. The minimum atomic E-state index is -0.0708. The van der Waals surface area contributed by atoms with Crippen molar-refractivity contribution in [1.82, 2.24) is 4.90 Å². The van der Waals surface area contributed by atoms with Crippen LogP contribution < -0.4 is 0 Å². The van der Waals surface area contributed by atoms with Gasteiger partial charge in [-0.3, -0.25) is 4.79 Å². The van der Waals surface area contributed by atoms with E-state index in [0.717, 1.165) is 21.5 Å². The smallest absolute Gasteiger partial charge is 0.247 e. The van der Waals surface area contributed by atoms with Crippen molar-refractivity contribution < 1.29 is 4.79 Å². The third-order valence-corrected chi connectivity index (χ3v) is 4.08. The Kier molecular flexibility index (Phi) is 3.97. The number of amides is 1. The van der Waals surface area contributed by atoms with Crippen molar-refractivity contribution in [2.75, 3.05) is 6.54 Å². The first-order chi connectivity index (χ1) is 8.20. The molecule has 2 rings (SSSR count). The zero-order valence-electron chi connectivity index (χ0n) is 9.10. The summed E-state index contributed by atoms with van der Waals surface area (Å²) in [5.41, 5.74) is 0. The molecule has 0 aliphatic heterocycles. The van der Waals surface area contributed by atoms with E-state index in [1.54, 1.807) is 28.4 Å². The van der Waals surface area contributed by atoms with Crippen LogP contribution in [0.2, 0.25) is 0 Å². The molecule has 1 amide bonds. The van der Waals surface area contributed by atoms with E-state index in [2.05, 4.69) is 15.9 Å². The van der Waals surface area contributed by atoms with E-state index < -0.39 is 0 Å². The highest BCUT2D eigenvalue weighted by atomic mass is 79.9. The second-order valence-electron chi connectivity index (χ2n) is 3.83. The monoisotopic (exact) mass is 310 g/mol. The molecule has 1 aliphatic carbocycles. The van der Waals surface area contributed by atoms with E-state index in [-0.39, 0.29) is 18.5 Å². The van der Waals surface area contributed by atoms with Crippen LogP contribution in [0.1, 0.15) is 17.7 Å². The number of carbonyl (C=O) groups is 1. The van der Waals surface area contributed by atoms with Gasteiger partial charge in [0.25, 0.3) is 0 Å². The van der Waals surface area contributed by atoms with Gasteiger partial charge in [0.15, 0.2) is 0 Å². The second-order valence-corrected chi connectivity index (χ2v) is 6.33. The molecular weight excluding hydrogens is 300 g/mol. The first-order valence-corrected chi connectivity index (χ1v) is 6.92. The fourth-order valence-corrected chi connectivity index (χ4v) is 2.84. The predicted molar refractivity (Wildman–Crippen MR) is 71.4 cm³/mol. The fourth-order valence-electron chi connectivity index (χ4n) is 1.52. The molecule has 0 N–H and O–H groups in total. The van der Waals surface area contributed by atoms with Crippen molar-refractivity contribution in [2.24, 2.45) is 0 Å². The number of rotatable bonds is 4. The number of hydrogen-bond donors (Lipinski definition) is 0. The maximum atomic E-state index is 11.9. The van der Waals surface area contributed by atoms with Gasteiger partial charge in [0, 0.05) is 17.0 Å². The van der Waals surface area contributed by atoms with E-state index in [4.69, 9.17) is 5.26 Å². The number of hydrogen-bond acceptors (Lipinski definition) is 3. The Labute approximate surface area is 112 Å². The number of nitrogens with zero attached hydrogens (tertiary/aromatic N) is 2. The first-order valence-electron chi connectivity index (χ1n) is 5.31. The standard InChI is InChI=1S/C12H11BrN2OS/c13-11-5-3-10(17-11)4-6-12(16)15(8-7-14)9-1-2-9/h3-6,9H,1-2,8H2/b6-4+. The van der Waals surface area contributed by atoms with Gasteiger partial charge in [0.05, 0.1) is 9.86 Å². The van der Waals surface area contributed by atoms with Gasteiger partial charge in [-0.1, -0.05) is 0 Å². The summed E-state index contributed by atoms with van der Waals surface area (Å²) in [6, 6.07) is 6.21. The number of thiophene rings is 1. The molecule has 1 aromatic rings. The lowest BCUT2D eigenvalue weighted by Crippen LogP contribution is -2.31. The molecule has 88 valence electrons. The summed E-state index contributed by atoms with van der Waals surface area (Å²) in [7, 11) is 0. The van der Waals surface area contributed by atoms with E-state index >= 15 is 0 Å². The summed E-state index contributed by atoms with van der Waals surface area (Å²) >= 11 is 4.95. The highest BCUT2D eigenvalue weighted by Crippen LogP contribution is 2.27. The van der Waals surface area contributed by atoms with Crippen LogP contribution in [-0.4, -0.2) is 23.4 Å². The molecule has 1 heterocycles. The van der Waals surface area contributed by atoms with E-state index in [1.165, 1.54) is 0 Å². The molecule has 17 heavy (non-hydrogen) atoms. The van der Waals surface area contributed by atoms with Gasteiger partial charge in [-0.2, -0.15) is 5.26 Å². The first kappa shape index (κ1) is 12.3. The molecule has 1 saturated carbocycles. The lowest BCUT2D eigenvalue weighted by Gasteiger charge is -2.16. The third-order valence-electron chi connectivity index (χ3n) is 2.50. The van der Waals surface area contributed by atoms with Crippen LogP contribution in [0.5, 0.6) is 0 Å². The largest absolute Gasteiger partial charge is 0.323 e. The quantitative estimate of drug-likeness (QED) is 0.634. The lowest BCUT2D eigenvalue weighted by atomic mass is 10.3. The van der Waals surface area contributed by atoms with Gasteiger partial charge in [-0.15, -0.1) is 11.3 Å². The van der Waals surface area contributed by atoms with Crippen LogP contribution in [0.25, 0.3) is 6.08 Å². The Morgan fingerprint density at radius 3 is 2.94 bits per heavy atom. The van der Waals surface area contributed by atoms with Gasteiger partial charge in [-0.05, 0) is 47.0 Å². The van der Waals surface area contributed by atoms with Crippen molar-refractivity contribution in [1.29, 1.82) is 5.26 Å². The van der Waals surface area contributed by atoms with E-state index in [9.17, 15) is 4.79 Å². The fraction of sp³-hybridized carbons (Fsp3) is 0.333. The topological polar surface area (TPSA) is 44.1 Å². The van der Waals surface area contributed by atoms with Crippen molar-refractivity contribution in [3.05, 3.63) is 26.9 Å². The Bertz CT molecular complexity index is 485. The van der Waals surface area contributed by atoms with Crippen molar-refractivity contribution in [2.45, 2.75) is 18.9 Å². The summed E-state index contributed by atoms with van der Waals surface area (Å²) in [6.45, 7) is 0.183. The van der Waals surface area contributed by atoms with Crippen molar-refractivity contribution in [3.8, 4) is 6.07 Å². The molecule has 0 unspecified atom stereocenters. The molecule has 5 heteroatoms. The summed E-state index contributed by atoms with van der Waals surface area (Å²) in [6.07, 6.45) is 5.38. The average Bonchev–Trinajstić information content (AvgIpc) is 3.06. The zero-order chi connectivity index (χ0) is 12.3. The molecule has 1 fully saturated rings. The Hall–Kier alpha value is -1.12. The molecule has 1 aromatic heterocycles. The number of carbonyl (C=O) groups excluding carboxylic acids is 1. The van der Waals surface area contributed by atoms with Gasteiger partial charge >= 0.3 is 0 Å². The van der Waals surface area contributed by atoms with E-state index in [1.807, 2.05) is 18.2 Å². The highest BCUT2D eigenvalue weighted by molar-refractivity contribution is 9.11. The molecule has 0 saturated heterocycles. The van der Waals surface area contributed by atoms with Crippen LogP contribution in [0.4, 0.5) is 0 Å². The lowest BCUT2D eigenvalue weighted by molar-refractivity contribution is -0.125. The third kappa shape index (κ3) is 3.42. The number of nitriles is 1. The predicted octanol–water partition coefficient (Wildman–Crippen LogP) is 3.04. The molecule has 1 aliphatic rings. The van der Waals surface area contributed by atoms with Crippen LogP contribution >= 0.6 is 27.3 Å². The Balaban J connectivity index is 1.99. The average molecular weight is 311 g/mol. The maximum Gasteiger partial charge on any atom is 0.247 e. The summed E-state index contributed by atoms with van der Waals surface area (Å²) < 4.78 is 1.04. The van der Waals surface area contributed by atoms with Crippen molar-refractivity contribution in [3.63, 3.8) is 0 Å². The van der Waals surface area contributed by atoms with Gasteiger partial charge in [0.2, 0.25) is 5.91 Å². The summed E-state index contributed by atoms with van der Waals surface area (Å²) in [5.74, 6) is -0.0708. The molecule has 0 spiro atoms. The second kappa shape index (κ2) is 5.48. The molecule has 0 aromatic carbocycles. The Morgan fingerprint density at radius 1 is 1.65 bits per heavy atom. The van der Waals surface area contributed by atoms with Crippen molar-refractivity contribution >= 4 is 39.2 Å². The molecule has 0 radical (unpaired) electrons. The van der Waals surface area contributed by atoms with Crippen LogP contribution in [0.3, 0.4) is 0 Å². The minimum absolute atomic E-state index is 0.0708. The number of halogens is 1. The SMILES string of the molecule is N#CCN(C(=O)/C=C/c1ccc(Br)s1)C1CC1. The minimum Gasteiger partial charge on any atom is -0.323 e.